The number of halogens is 1. The van der Waals surface area contributed by atoms with Gasteiger partial charge >= 0.3 is 5.97 Å². The van der Waals surface area contributed by atoms with E-state index in [1.54, 1.807) is 19.2 Å². The molecule has 1 aliphatic rings. The Morgan fingerprint density at radius 3 is 2.87 bits per heavy atom. The molecule has 0 spiro atoms. The van der Waals surface area contributed by atoms with E-state index in [-0.39, 0.29) is 11.8 Å². The van der Waals surface area contributed by atoms with Gasteiger partial charge in [0.05, 0.1) is 13.0 Å². The maximum Gasteiger partial charge on any atom is 0.307 e. The Bertz CT molecular complexity index is 403. The lowest BCUT2D eigenvalue weighted by Gasteiger charge is -2.07. The highest BCUT2D eigenvalue weighted by molar-refractivity contribution is 6.30. The van der Waals surface area contributed by atoms with Gasteiger partial charge in [0.15, 0.2) is 0 Å². The number of ether oxygens (including phenoxy) is 1. The number of carbonyl (C=O) groups is 1. The van der Waals surface area contributed by atoms with Crippen molar-refractivity contribution in [3.63, 3.8) is 0 Å². The molecule has 15 heavy (non-hydrogen) atoms. The molecule has 3 nitrogen and oxygen atoms in total. The lowest BCUT2D eigenvalue weighted by molar-refractivity contribution is -0.138. The first-order valence-electron chi connectivity index (χ1n) is 4.69. The molecule has 0 aliphatic heterocycles. The van der Waals surface area contributed by atoms with Crippen LogP contribution >= 0.6 is 11.6 Å². The molecule has 0 bridgehead atoms. The summed E-state index contributed by atoms with van der Waals surface area (Å²) < 4.78 is 5.18. The number of aliphatic carboxylic acids is 1. The molecular weight excluding hydrogens is 216 g/mol. The Balaban J connectivity index is 2.26. The molecule has 2 rings (SSSR count). The molecule has 1 aliphatic carbocycles. The highest BCUT2D eigenvalue weighted by Gasteiger charge is 2.45. The number of carboxylic acid groups (broad SMARTS) is 1. The number of methoxy groups -OCH3 is 1. The molecule has 0 radical (unpaired) electrons. The van der Waals surface area contributed by atoms with Crippen LogP contribution in [0.3, 0.4) is 0 Å². The van der Waals surface area contributed by atoms with Crippen molar-refractivity contribution in [1.82, 2.24) is 0 Å². The first-order valence-corrected chi connectivity index (χ1v) is 5.07. The van der Waals surface area contributed by atoms with Gasteiger partial charge in [-0.2, -0.15) is 0 Å². The summed E-state index contributed by atoms with van der Waals surface area (Å²) in [5, 5.41) is 9.44. The minimum absolute atomic E-state index is 0.0784. The van der Waals surface area contributed by atoms with E-state index in [0.29, 0.717) is 17.2 Å². The normalized spacial score (nSPS) is 23.6. The van der Waals surface area contributed by atoms with Crippen molar-refractivity contribution in [2.45, 2.75) is 12.3 Å². The van der Waals surface area contributed by atoms with Gasteiger partial charge in [-0.05, 0) is 24.1 Å². The largest absolute Gasteiger partial charge is 0.496 e. The minimum Gasteiger partial charge on any atom is -0.496 e. The van der Waals surface area contributed by atoms with Crippen LogP contribution in [0.25, 0.3) is 0 Å². The molecule has 1 aromatic carbocycles. The average Bonchev–Trinajstić information content (AvgIpc) is 2.97. The summed E-state index contributed by atoms with van der Waals surface area (Å²) in [5.74, 6) is -0.247. The Kier molecular flexibility index (Phi) is 2.57. The SMILES string of the molecule is COc1cc(Cl)ccc1[C@@H]1C[C@H]1C(=O)O. The summed E-state index contributed by atoms with van der Waals surface area (Å²) in [6.07, 6.45) is 0.688. The molecule has 0 heterocycles. The summed E-state index contributed by atoms with van der Waals surface area (Å²) in [7, 11) is 1.56. The number of benzene rings is 1. The lowest BCUT2D eigenvalue weighted by atomic mass is 10.1. The van der Waals surface area contributed by atoms with Crippen molar-refractivity contribution in [3.05, 3.63) is 28.8 Å². The van der Waals surface area contributed by atoms with E-state index >= 15 is 0 Å². The maximum atomic E-state index is 10.7. The van der Waals surface area contributed by atoms with Crippen LogP contribution in [-0.2, 0) is 4.79 Å². The predicted molar refractivity (Wildman–Crippen MR) is 56.5 cm³/mol. The van der Waals surface area contributed by atoms with Crippen molar-refractivity contribution < 1.29 is 14.6 Å². The zero-order valence-corrected chi connectivity index (χ0v) is 8.99. The third-order valence-electron chi connectivity index (χ3n) is 2.70. The van der Waals surface area contributed by atoms with Crippen LogP contribution in [0.15, 0.2) is 18.2 Å². The van der Waals surface area contributed by atoms with Crippen LogP contribution in [0.1, 0.15) is 17.9 Å². The van der Waals surface area contributed by atoms with E-state index in [0.717, 1.165) is 5.56 Å². The number of rotatable bonds is 3. The second-order valence-corrected chi connectivity index (χ2v) is 4.11. The fourth-order valence-electron chi connectivity index (χ4n) is 1.80. The highest BCUT2D eigenvalue weighted by Crippen LogP contribution is 2.50. The average molecular weight is 227 g/mol. The van der Waals surface area contributed by atoms with E-state index in [2.05, 4.69) is 0 Å². The molecular formula is C11H11ClO3. The van der Waals surface area contributed by atoms with Gasteiger partial charge in [-0.25, -0.2) is 0 Å². The van der Waals surface area contributed by atoms with Gasteiger partial charge in [-0.3, -0.25) is 4.79 Å². The Morgan fingerprint density at radius 1 is 1.60 bits per heavy atom. The van der Waals surface area contributed by atoms with Crippen LogP contribution in [-0.4, -0.2) is 18.2 Å². The smallest absolute Gasteiger partial charge is 0.307 e. The standard InChI is InChI=1S/C11H11ClO3/c1-15-10-4-6(12)2-3-7(10)8-5-9(8)11(13)14/h2-4,8-9H,5H2,1H3,(H,13,14)/t8-,9+/m0/s1. The van der Waals surface area contributed by atoms with E-state index < -0.39 is 5.97 Å². The van der Waals surface area contributed by atoms with Crippen LogP contribution < -0.4 is 4.74 Å². The van der Waals surface area contributed by atoms with Gasteiger partial charge in [-0.15, -0.1) is 0 Å². The second kappa shape index (κ2) is 3.74. The zero-order chi connectivity index (χ0) is 11.0. The second-order valence-electron chi connectivity index (χ2n) is 3.67. The molecule has 1 N–H and O–H groups in total. The molecule has 1 aromatic rings. The number of hydrogen-bond donors (Lipinski definition) is 1. The molecule has 0 amide bonds. The third-order valence-corrected chi connectivity index (χ3v) is 2.94. The van der Waals surface area contributed by atoms with Gasteiger partial charge < -0.3 is 9.84 Å². The highest BCUT2D eigenvalue weighted by atomic mass is 35.5. The molecule has 80 valence electrons. The summed E-state index contributed by atoms with van der Waals surface area (Å²) >= 11 is 5.82. The van der Waals surface area contributed by atoms with E-state index in [1.807, 2.05) is 6.07 Å². The molecule has 0 unspecified atom stereocenters. The van der Waals surface area contributed by atoms with Crippen LogP contribution in [0.5, 0.6) is 5.75 Å². The van der Waals surface area contributed by atoms with Crippen molar-refractivity contribution in [2.24, 2.45) is 5.92 Å². The molecule has 0 aromatic heterocycles. The van der Waals surface area contributed by atoms with Gasteiger partial charge in [0.2, 0.25) is 0 Å². The molecule has 1 saturated carbocycles. The van der Waals surface area contributed by atoms with Gasteiger partial charge in [0.1, 0.15) is 5.75 Å². The van der Waals surface area contributed by atoms with Crippen LogP contribution in [0.2, 0.25) is 5.02 Å². The number of hydrogen-bond acceptors (Lipinski definition) is 2. The Morgan fingerprint density at radius 2 is 2.33 bits per heavy atom. The molecule has 4 heteroatoms. The monoisotopic (exact) mass is 226 g/mol. The van der Waals surface area contributed by atoms with E-state index in [9.17, 15) is 4.79 Å². The predicted octanol–water partition coefficient (Wildman–Crippen LogP) is 2.54. The fourth-order valence-corrected chi connectivity index (χ4v) is 1.97. The summed E-state index contributed by atoms with van der Waals surface area (Å²) in [5.41, 5.74) is 0.939. The van der Waals surface area contributed by atoms with Crippen molar-refractivity contribution in [3.8, 4) is 5.75 Å². The molecule has 1 fully saturated rings. The molecule has 0 saturated heterocycles. The summed E-state index contributed by atoms with van der Waals surface area (Å²) in [6.45, 7) is 0. The summed E-state index contributed by atoms with van der Waals surface area (Å²) in [6, 6.07) is 5.32. The maximum absolute atomic E-state index is 10.7. The van der Waals surface area contributed by atoms with Crippen LogP contribution in [0.4, 0.5) is 0 Å². The van der Waals surface area contributed by atoms with Gasteiger partial charge in [0.25, 0.3) is 0 Å². The Labute approximate surface area is 92.6 Å². The molecule has 2 atom stereocenters. The zero-order valence-electron chi connectivity index (χ0n) is 8.24. The van der Waals surface area contributed by atoms with Gasteiger partial charge in [0, 0.05) is 10.9 Å². The van der Waals surface area contributed by atoms with Crippen LogP contribution in [0, 0.1) is 5.92 Å². The lowest BCUT2D eigenvalue weighted by Crippen LogP contribution is -2.00. The topological polar surface area (TPSA) is 46.5 Å². The van der Waals surface area contributed by atoms with Crippen molar-refractivity contribution >= 4 is 17.6 Å². The van der Waals surface area contributed by atoms with Crippen molar-refractivity contribution in [1.29, 1.82) is 0 Å². The Hall–Kier alpha value is -1.22. The third kappa shape index (κ3) is 1.92. The fraction of sp³-hybridized carbons (Fsp3) is 0.364. The minimum atomic E-state index is -0.739. The first-order chi connectivity index (χ1) is 7.13. The first kappa shape index (κ1) is 10.3. The summed E-state index contributed by atoms with van der Waals surface area (Å²) in [4.78, 5) is 10.7. The number of carboxylic acids is 1. The van der Waals surface area contributed by atoms with E-state index in [4.69, 9.17) is 21.4 Å². The van der Waals surface area contributed by atoms with Gasteiger partial charge in [-0.1, -0.05) is 17.7 Å². The van der Waals surface area contributed by atoms with E-state index in [1.165, 1.54) is 0 Å². The van der Waals surface area contributed by atoms with Crippen molar-refractivity contribution in [2.75, 3.05) is 7.11 Å². The quantitative estimate of drug-likeness (QED) is 0.862.